The maximum Gasteiger partial charge on any atom is 0.352 e. The number of benzene rings is 2. The Morgan fingerprint density at radius 1 is 1.17 bits per heavy atom. The van der Waals surface area contributed by atoms with Gasteiger partial charge < -0.3 is 10.1 Å². The molecule has 0 saturated heterocycles. The molecule has 3 rings (SSSR count). The highest BCUT2D eigenvalue weighted by Crippen LogP contribution is 2.15. The number of nitrogens with zero attached hydrogens (tertiary/aromatic N) is 3. The fourth-order valence-corrected chi connectivity index (χ4v) is 2.89. The lowest BCUT2D eigenvalue weighted by molar-refractivity contribution is 0.0927. The fraction of sp³-hybridized carbons (Fsp3) is 0.200. The van der Waals surface area contributed by atoms with E-state index in [2.05, 4.69) is 10.4 Å². The molecule has 1 amide bonds. The van der Waals surface area contributed by atoms with Crippen LogP contribution in [0.3, 0.4) is 0 Å². The zero-order valence-electron chi connectivity index (χ0n) is 16.0. The Morgan fingerprint density at radius 2 is 1.87 bits per heavy atom. The molecule has 3 aromatic rings. The zero-order valence-corrected chi connectivity index (χ0v) is 16.7. The minimum atomic E-state index is -0.867. The van der Waals surface area contributed by atoms with E-state index in [0.29, 0.717) is 10.6 Å². The summed E-state index contributed by atoms with van der Waals surface area (Å²) in [6, 6.07) is 11.6. The van der Waals surface area contributed by atoms with Gasteiger partial charge in [0.1, 0.15) is 5.82 Å². The monoisotopic (exact) mass is 432 g/mol. The van der Waals surface area contributed by atoms with Gasteiger partial charge in [-0.3, -0.25) is 14.2 Å². The lowest BCUT2D eigenvalue weighted by atomic mass is 10.2. The van der Waals surface area contributed by atoms with Gasteiger partial charge in [-0.1, -0.05) is 29.8 Å². The molecule has 0 atom stereocenters. The van der Waals surface area contributed by atoms with Gasteiger partial charge in [0, 0.05) is 18.7 Å². The van der Waals surface area contributed by atoms with Crippen molar-refractivity contribution in [3.63, 3.8) is 0 Å². The number of amides is 1. The molecule has 2 aromatic carbocycles. The quantitative estimate of drug-likeness (QED) is 0.572. The number of hydrogen-bond donors (Lipinski definition) is 1. The molecule has 1 N–H and O–H groups in total. The largest absolute Gasteiger partial charge is 0.383 e. The van der Waals surface area contributed by atoms with Crippen molar-refractivity contribution in [3.8, 4) is 5.69 Å². The summed E-state index contributed by atoms with van der Waals surface area (Å²) in [5, 5.41) is 6.81. The first-order valence-corrected chi connectivity index (χ1v) is 9.31. The van der Waals surface area contributed by atoms with Crippen LogP contribution < -0.4 is 16.6 Å². The number of halogens is 2. The Morgan fingerprint density at radius 3 is 2.53 bits per heavy atom. The van der Waals surface area contributed by atoms with Crippen molar-refractivity contribution in [3.05, 3.63) is 91.5 Å². The van der Waals surface area contributed by atoms with Crippen molar-refractivity contribution in [2.75, 3.05) is 20.3 Å². The fourth-order valence-electron chi connectivity index (χ4n) is 2.69. The van der Waals surface area contributed by atoms with E-state index >= 15 is 0 Å². The van der Waals surface area contributed by atoms with Crippen LogP contribution in [0.2, 0.25) is 5.02 Å². The number of ether oxygens (including phenoxy) is 1. The molecule has 10 heteroatoms. The molecule has 0 aliphatic rings. The SMILES string of the molecule is COCCNC(=O)c1nn(-c2ccc(F)cc2)c(=O)n(Cc2ccccc2Cl)c1=O. The Balaban J connectivity index is 2.15. The number of carbonyl (C=O) groups excluding carboxylic acids is 1. The summed E-state index contributed by atoms with van der Waals surface area (Å²) in [6.45, 7) is 0.215. The third-order valence-corrected chi connectivity index (χ3v) is 4.59. The second-order valence-corrected chi connectivity index (χ2v) is 6.66. The maximum absolute atomic E-state index is 13.3. The van der Waals surface area contributed by atoms with E-state index in [1.54, 1.807) is 24.3 Å². The molecule has 156 valence electrons. The summed E-state index contributed by atoms with van der Waals surface area (Å²) >= 11 is 6.17. The number of carbonyl (C=O) groups is 1. The molecule has 0 aliphatic heterocycles. The maximum atomic E-state index is 13.3. The van der Waals surface area contributed by atoms with Gasteiger partial charge in [-0.25, -0.2) is 9.18 Å². The van der Waals surface area contributed by atoms with Gasteiger partial charge in [0.2, 0.25) is 5.69 Å². The average Bonchev–Trinajstić information content (AvgIpc) is 2.73. The number of rotatable bonds is 7. The minimum Gasteiger partial charge on any atom is -0.383 e. The van der Waals surface area contributed by atoms with Crippen LogP contribution >= 0.6 is 11.6 Å². The predicted molar refractivity (Wildman–Crippen MR) is 109 cm³/mol. The molecule has 8 nitrogen and oxygen atoms in total. The zero-order chi connectivity index (χ0) is 21.7. The van der Waals surface area contributed by atoms with E-state index in [1.165, 1.54) is 19.2 Å². The second kappa shape index (κ2) is 9.47. The molecule has 0 aliphatic carbocycles. The van der Waals surface area contributed by atoms with Gasteiger partial charge in [-0.05, 0) is 35.9 Å². The summed E-state index contributed by atoms with van der Waals surface area (Å²) in [5.74, 6) is -1.27. The first-order chi connectivity index (χ1) is 14.4. The van der Waals surface area contributed by atoms with Gasteiger partial charge in [0.05, 0.1) is 18.8 Å². The lowest BCUT2D eigenvalue weighted by Gasteiger charge is -2.13. The standard InChI is InChI=1S/C20H18ClFN4O4/c1-30-11-10-23-18(27)17-19(28)25(12-13-4-2-3-5-16(13)21)20(29)26(24-17)15-8-6-14(22)7-9-15/h2-9H,10-12H2,1H3,(H,23,27). The van der Waals surface area contributed by atoms with Crippen LogP contribution in [0.25, 0.3) is 5.69 Å². The Hall–Kier alpha value is -3.30. The molecule has 0 fully saturated rings. The van der Waals surface area contributed by atoms with Gasteiger partial charge >= 0.3 is 5.69 Å². The number of methoxy groups -OCH3 is 1. The third-order valence-electron chi connectivity index (χ3n) is 4.22. The molecule has 1 heterocycles. The molecular weight excluding hydrogens is 415 g/mol. The third kappa shape index (κ3) is 4.64. The summed E-state index contributed by atoms with van der Waals surface area (Å²) in [7, 11) is 1.47. The van der Waals surface area contributed by atoms with Crippen molar-refractivity contribution in [1.29, 1.82) is 0 Å². The van der Waals surface area contributed by atoms with E-state index in [1.807, 2.05) is 0 Å². The van der Waals surface area contributed by atoms with Crippen LogP contribution in [0, 0.1) is 5.82 Å². The van der Waals surface area contributed by atoms with Crippen LogP contribution in [0.5, 0.6) is 0 Å². The van der Waals surface area contributed by atoms with Crippen molar-refractivity contribution in [2.24, 2.45) is 0 Å². The summed E-state index contributed by atoms with van der Waals surface area (Å²) in [5.41, 5.74) is -1.43. The van der Waals surface area contributed by atoms with Crippen LogP contribution in [0.1, 0.15) is 16.1 Å². The first kappa shape index (κ1) is 21.4. The summed E-state index contributed by atoms with van der Waals surface area (Å²) < 4.78 is 19.9. The molecule has 0 unspecified atom stereocenters. The molecular formula is C20H18ClFN4O4. The highest BCUT2D eigenvalue weighted by Gasteiger charge is 2.20. The highest BCUT2D eigenvalue weighted by atomic mass is 35.5. The highest BCUT2D eigenvalue weighted by molar-refractivity contribution is 6.31. The topological polar surface area (TPSA) is 95.2 Å². The summed E-state index contributed by atoms with van der Waals surface area (Å²) in [4.78, 5) is 38.4. The van der Waals surface area contributed by atoms with Crippen LogP contribution in [0.15, 0.2) is 58.1 Å². The van der Waals surface area contributed by atoms with Crippen molar-refractivity contribution >= 4 is 17.5 Å². The lowest BCUT2D eigenvalue weighted by Crippen LogP contribution is -2.46. The van der Waals surface area contributed by atoms with E-state index < -0.39 is 28.7 Å². The van der Waals surface area contributed by atoms with E-state index in [9.17, 15) is 18.8 Å². The first-order valence-electron chi connectivity index (χ1n) is 8.93. The molecule has 0 spiro atoms. The Labute approximate surface area is 175 Å². The molecule has 0 saturated carbocycles. The molecule has 0 radical (unpaired) electrons. The van der Waals surface area contributed by atoms with E-state index in [0.717, 1.165) is 21.4 Å². The average molecular weight is 433 g/mol. The van der Waals surface area contributed by atoms with Crippen molar-refractivity contribution in [1.82, 2.24) is 19.7 Å². The number of aromatic nitrogens is 3. The van der Waals surface area contributed by atoms with Gasteiger partial charge in [-0.15, -0.1) is 0 Å². The molecule has 0 bridgehead atoms. The van der Waals surface area contributed by atoms with E-state index in [-0.39, 0.29) is 25.4 Å². The van der Waals surface area contributed by atoms with Gasteiger partial charge in [0.15, 0.2) is 0 Å². The number of hydrogen-bond acceptors (Lipinski definition) is 5. The molecule has 30 heavy (non-hydrogen) atoms. The van der Waals surface area contributed by atoms with Crippen LogP contribution in [-0.4, -0.2) is 40.5 Å². The predicted octanol–water partition coefficient (Wildman–Crippen LogP) is 1.61. The van der Waals surface area contributed by atoms with Gasteiger partial charge in [-0.2, -0.15) is 9.78 Å². The van der Waals surface area contributed by atoms with E-state index in [4.69, 9.17) is 16.3 Å². The van der Waals surface area contributed by atoms with Crippen molar-refractivity contribution in [2.45, 2.75) is 6.54 Å². The normalized spacial score (nSPS) is 10.8. The van der Waals surface area contributed by atoms with Crippen LogP contribution in [0.4, 0.5) is 4.39 Å². The van der Waals surface area contributed by atoms with Crippen LogP contribution in [-0.2, 0) is 11.3 Å². The molecule has 1 aromatic heterocycles. The Kier molecular flexibility index (Phi) is 6.76. The minimum absolute atomic E-state index is 0.149. The summed E-state index contributed by atoms with van der Waals surface area (Å²) in [6.07, 6.45) is 0. The Bertz CT molecular complexity index is 1170. The van der Waals surface area contributed by atoms with Gasteiger partial charge in [0.25, 0.3) is 11.5 Å². The smallest absolute Gasteiger partial charge is 0.352 e. The van der Waals surface area contributed by atoms with Crippen molar-refractivity contribution < 1.29 is 13.9 Å². The second-order valence-electron chi connectivity index (χ2n) is 6.25. The number of nitrogens with one attached hydrogen (secondary N) is 1.